The summed E-state index contributed by atoms with van der Waals surface area (Å²) in [4.78, 5) is 26.5. The lowest BCUT2D eigenvalue weighted by molar-refractivity contribution is -0.119. The van der Waals surface area contributed by atoms with Gasteiger partial charge in [-0.2, -0.15) is 0 Å². The quantitative estimate of drug-likeness (QED) is 0.872. The van der Waals surface area contributed by atoms with Crippen LogP contribution in [0, 0.1) is 0 Å². The second-order valence-electron chi connectivity index (χ2n) is 5.72. The molecule has 3 rings (SSSR count). The minimum Gasteiger partial charge on any atom is -0.495 e. The van der Waals surface area contributed by atoms with E-state index in [1.807, 2.05) is 42.5 Å². The van der Waals surface area contributed by atoms with Crippen LogP contribution in [0.3, 0.4) is 0 Å². The fraction of sp³-hybridized carbons (Fsp3) is 0.263. The number of thioether (sulfide) groups is 1. The number of nitrogens with one attached hydrogen (secondary N) is 1. The normalized spacial score (nSPS) is 16.2. The molecule has 1 N–H and O–H groups in total. The van der Waals surface area contributed by atoms with E-state index in [9.17, 15) is 9.59 Å². The summed E-state index contributed by atoms with van der Waals surface area (Å²) in [5.41, 5.74) is 1.48. The Morgan fingerprint density at radius 3 is 2.65 bits per heavy atom. The second kappa shape index (κ2) is 8.62. The molecule has 0 unspecified atom stereocenters. The first-order valence-electron chi connectivity index (χ1n) is 8.18. The molecule has 0 aliphatic carbocycles. The molecule has 6 nitrogen and oxygen atoms in total. The number of anilines is 1. The van der Waals surface area contributed by atoms with Crippen molar-refractivity contribution in [3.05, 3.63) is 60.2 Å². The lowest BCUT2D eigenvalue weighted by Crippen LogP contribution is -2.44. The van der Waals surface area contributed by atoms with Crippen LogP contribution in [0.1, 0.15) is 5.56 Å². The summed E-state index contributed by atoms with van der Waals surface area (Å²) in [5.74, 6) is 1.28. The van der Waals surface area contributed by atoms with Gasteiger partial charge in [0.15, 0.2) is 0 Å². The molecule has 1 atom stereocenters. The van der Waals surface area contributed by atoms with Crippen molar-refractivity contribution in [3.63, 3.8) is 0 Å². The Bertz CT molecular complexity index is 769. The molecule has 2 aromatic rings. The molecular formula is C19H20N2O4S. The maximum absolute atomic E-state index is 12.6. The van der Waals surface area contributed by atoms with E-state index in [1.54, 1.807) is 19.2 Å². The van der Waals surface area contributed by atoms with Crippen molar-refractivity contribution in [2.24, 2.45) is 0 Å². The van der Waals surface area contributed by atoms with Crippen molar-refractivity contribution in [1.29, 1.82) is 0 Å². The smallest absolute Gasteiger partial charge is 0.411 e. The van der Waals surface area contributed by atoms with Gasteiger partial charge in [0, 0.05) is 5.75 Å². The number of benzene rings is 2. The Kier molecular flexibility index (Phi) is 6.01. The molecule has 2 aromatic carbocycles. The number of nitrogens with zero attached hydrogens (tertiary/aromatic N) is 1. The molecule has 1 heterocycles. The van der Waals surface area contributed by atoms with Crippen molar-refractivity contribution in [2.75, 3.05) is 24.1 Å². The number of hydrogen-bond donors (Lipinski definition) is 1. The van der Waals surface area contributed by atoms with E-state index in [2.05, 4.69) is 5.32 Å². The van der Waals surface area contributed by atoms with Crippen LogP contribution >= 0.6 is 11.8 Å². The molecule has 1 aliphatic rings. The molecule has 0 aromatic heterocycles. The van der Waals surface area contributed by atoms with Gasteiger partial charge in [0.1, 0.15) is 18.4 Å². The molecule has 0 saturated carbocycles. The van der Waals surface area contributed by atoms with Gasteiger partial charge in [-0.15, -0.1) is 11.8 Å². The predicted molar refractivity (Wildman–Crippen MR) is 101 cm³/mol. The molecule has 1 aliphatic heterocycles. The minimum atomic E-state index is -0.576. The van der Waals surface area contributed by atoms with Crippen molar-refractivity contribution in [2.45, 2.75) is 12.6 Å². The van der Waals surface area contributed by atoms with Gasteiger partial charge in [-0.05, 0) is 17.7 Å². The highest BCUT2D eigenvalue weighted by molar-refractivity contribution is 7.99. The first-order valence-corrected chi connectivity index (χ1v) is 9.33. The first kappa shape index (κ1) is 18.1. The maximum atomic E-state index is 12.6. The Balaban J connectivity index is 1.61. The molecule has 26 heavy (non-hydrogen) atoms. The fourth-order valence-corrected chi connectivity index (χ4v) is 3.75. The number of para-hydroxylation sites is 2. The summed E-state index contributed by atoms with van der Waals surface area (Å²) < 4.78 is 10.6. The lowest BCUT2D eigenvalue weighted by atomic mass is 10.2. The minimum absolute atomic E-state index is 0.182. The predicted octanol–water partition coefficient (Wildman–Crippen LogP) is 3.35. The van der Waals surface area contributed by atoms with Gasteiger partial charge in [-0.1, -0.05) is 42.5 Å². The van der Waals surface area contributed by atoms with E-state index in [1.165, 1.54) is 16.7 Å². The summed E-state index contributed by atoms with van der Waals surface area (Å²) in [5, 5.41) is 2.84. The van der Waals surface area contributed by atoms with E-state index in [0.717, 1.165) is 5.56 Å². The molecule has 2 amide bonds. The zero-order chi connectivity index (χ0) is 18.4. The SMILES string of the molecule is COc1ccccc1NC(=O)[C@H]1CSCN1C(=O)OCc1ccccc1. The number of hydrogen-bond acceptors (Lipinski definition) is 5. The number of carbonyl (C=O) groups is 2. The topological polar surface area (TPSA) is 67.9 Å². The third-order valence-electron chi connectivity index (χ3n) is 3.99. The summed E-state index contributed by atoms with van der Waals surface area (Å²) in [6, 6.07) is 16.0. The van der Waals surface area contributed by atoms with Gasteiger partial charge in [0.25, 0.3) is 0 Å². The molecule has 7 heteroatoms. The number of carbonyl (C=O) groups excluding carboxylic acids is 2. The molecular weight excluding hydrogens is 352 g/mol. The van der Waals surface area contributed by atoms with Gasteiger partial charge in [0.2, 0.25) is 5.91 Å². The van der Waals surface area contributed by atoms with Crippen LogP contribution in [0.25, 0.3) is 0 Å². The van der Waals surface area contributed by atoms with E-state index >= 15 is 0 Å². The lowest BCUT2D eigenvalue weighted by Gasteiger charge is -2.22. The third-order valence-corrected chi connectivity index (χ3v) is 5.00. The zero-order valence-electron chi connectivity index (χ0n) is 14.4. The standard InChI is InChI=1S/C19H20N2O4S/c1-24-17-10-6-5-9-15(17)20-18(22)16-12-26-13-21(16)19(23)25-11-14-7-3-2-4-8-14/h2-10,16H,11-13H2,1H3,(H,20,22)/t16-/m1/s1. The number of amides is 2. The summed E-state index contributed by atoms with van der Waals surface area (Å²) in [6.45, 7) is 0.182. The molecule has 0 bridgehead atoms. The van der Waals surface area contributed by atoms with Crippen LogP contribution in [0.5, 0.6) is 5.75 Å². The number of rotatable bonds is 5. The van der Waals surface area contributed by atoms with Gasteiger partial charge >= 0.3 is 6.09 Å². The average Bonchev–Trinajstić information content (AvgIpc) is 3.17. The van der Waals surface area contributed by atoms with Crippen LogP contribution < -0.4 is 10.1 Å². The van der Waals surface area contributed by atoms with E-state index < -0.39 is 12.1 Å². The molecule has 1 saturated heterocycles. The average molecular weight is 372 g/mol. The summed E-state index contributed by atoms with van der Waals surface area (Å²) in [6.07, 6.45) is -0.487. The highest BCUT2D eigenvalue weighted by Gasteiger charge is 2.36. The largest absolute Gasteiger partial charge is 0.495 e. The number of methoxy groups -OCH3 is 1. The van der Waals surface area contributed by atoms with Gasteiger partial charge < -0.3 is 14.8 Å². The van der Waals surface area contributed by atoms with Gasteiger partial charge in [-0.25, -0.2) is 4.79 Å². The van der Waals surface area contributed by atoms with E-state index in [0.29, 0.717) is 23.1 Å². The Morgan fingerprint density at radius 1 is 1.15 bits per heavy atom. The highest BCUT2D eigenvalue weighted by Crippen LogP contribution is 2.26. The van der Waals surface area contributed by atoms with Crippen molar-refractivity contribution < 1.29 is 19.1 Å². The van der Waals surface area contributed by atoms with Crippen LogP contribution in [0.4, 0.5) is 10.5 Å². The first-order chi connectivity index (χ1) is 12.7. The zero-order valence-corrected chi connectivity index (χ0v) is 15.2. The molecule has 0 spiro atoms. The fourth-order valence-electron chi connectivity index (χ4n) is 2.61. The van der Waals surface area contributed by atoms with Crippen molar-refractivity contribution in [1.82, 2.24) is 4.90 Å². The maximum Gasteiger partial charge on any atom is 0.411 e. The summed E-state index contributed by atoms with van der Waals surface area (Å²) >= 11 is 1.52. The Labute approximate surface area is 156 Å². The van der Waals surface area contributed by atoms with Crippen LogP contribution in [0.15, 0.2) is 54.6 Å². The molecule has 136 valence electrons. The van der Waals surface area contributed by atoms with E-state index in [-0.39, 0.29) is 12.5 Å². The van der Waals surface area contributed by atoms with Crippen molar-refractivity contribution >= 4 is 29.4 Å². The van der Waals surface area contributed by atoms with Crippen molar-refractivity contribution in [3.8, 4) is 5.75 Å². The number of ether oxygens (including phenoxy) is 2. The Hall–Kier alpha value is -2.67. The van der Waals surface area contributed by atoms with E-state index in [4.69, 9.17) is 9.47 Å². The van der Waals surface area contributed by atoms with Crippen LogP contribution in [0.2, 0.25) is 0 Å². The Morgan fingerprint density at radius 2 is 1.88 bits per heavy atom. The third kappa shape index (κ3) is 4.29. The highest BCUT2D eigenvalue weighted by atomic mass is 32.2. The van der Waals surface area contributed by atoms with Gasteiger partial charge in [-0.3, -0.25) is 9.69 Å². The van der Waals surface area contributed by atoms with Gasteiger partial charge in [0.05, 0.1) is 18.7 Å². The van der Waals surface area contributed by atoms with Crippen LogP contribution in [-0.2, 0) is 16.1 Å². The molecule has 1 fully saturated rings. The van der Waals surface area contributed by atoms with Crippen LogP contribution in [-0.4, -0.2) is 41.7 Å². The summed E-state index contributed by atoms with van der Waals surface area (Å²) in [7, 11) is 1.55. The molecule has 0 radical (unpaired) electrons. The second-order valence-corrected chi connectivity index (χ2v) is 6.71. The monoisotopic (exact) mass is 372 g/mol.